The van der Waals surface area contributed by atoms with E-state index in [0.29, 0.717) is 9.79 Å². The lowest BCUT2D eigenvalue weighted by atomic mass is 9.96. The van der Waals surface area contributed by atoms with Gasteiger partial charge in [0.25, 0.3) is 0 Å². The van der Waals surface area contributed by atoms with E-state index in [1.807, 2.05) is 24.3 Å². The molecule has 0 amide bonds. The molecule has 5 heteroatoms. The average Bonchev–Trinajstić information content (AvgIpc) is 3.32. The first-order valence-corrected chi connectivity index (χ1v) is 11.9. The lowest BCUT2D eigenvalue weighted by molar-refractivity contribution is 0.574. The Bertz CT molecular complexity index is 869. The van der Waals surface area contributed by atoms with Crippen LogP contribution in [-0.4, -0.2) is 8.42 Å². The van der Waals surface area contributed by atoms with E-state index in [4.69, 9.17) is 23.2 Å². The van der Waals surface area contributed by atoms with Gasteiger partial charge in [-0.2, -0.15) is 0 Å². The zero-order valence-corrected chi connectivity index (χ0v) is 17.6. The highest BCUT2D eigenvalue weighted by atomic mass is 35.5. The molecule has 2 aliphatic rings. The van der Waals surface area contributed by atoms with Gasteiger partial charge < -0.3 is 0 Å². The van der Waals surface area contributed by atoms with Crippen LogP contribution in [0.1, 0.15) is 62.5 Å². The molecular formula is C22H24Cl2O2S. The molecule has 0 saturated heterocycles. The van der Waals surface area contributed by atoms with E-state index < -0.39 is 19.6 Å². The van der Waals surface area contributed by atoms with Gasteiger partial charge in [0.15, 0.2) is 0 Å². The Kier molecular flexibility index (Phi) is 5.07. The molecule has 2 aliphatic carbocycles. The van der Waals surface area contributed by atoms with Crippen LogP contribution in [0.3, 0.4) is 0 Å². The summed E-state index contributed by atoms with van der Waals surface area (Å²) in [6, 6.07) is 14.4. The van der Waals surface area contributed by atoms with Crippen molar-refractivity contribution in [2.75, 3.05) is 0 Å². The van der Waals surface area contributed by atoms with Gasteiger partial charge in [0.1, 0.15) is 0 Å². The van der Waals surface area contributed by atoms with Crippen molar-refractivity contribution < 1.29 is 8.42 Å². The topological polar surface area (TPSA) is 34.1 Å². The molecule has 2 nitrogen and oxygen atoms in total. The first kappa shape index (κ1) is 19.3. The first-order chi connectivity index (χ1) is 12.9. The number of benzene rings is 2. The molecule has 2 saturated carbocycles. The van der Waals surface area contributed by atoms with E-state index in [0.717, 1.165) is 62.5 Å². The lowest BCUT2D eigenvalue weighted by Gasteiger charge is -2.27. The molecule has 0 heterocycles. The Morgan fingerprint density at radius 2 is 0.963 bits per heavy atom. The van der Waals surface area contributed by atoms with E-state index in [-0.39, 0.29) is 0 Å². The Morgan fingerprint density at radius 3 is 1.33 bits per heavy atom. The summed E-state index contributed by atoms with van der Waals surface area (Å²) in [4.78, 5) is -0.532. The summed E-state index contributed by atoms with van der Waals surface area (Å²) in [5.41, 5.74) is 1.46. The predicted molar refractivity (Wildman–Crippen MR) is 110 cm³/mol. The fraction of sp³-hybridized carbons (Fsp3) is 0.455. The van der Waals surface area contributed by atoms with Crippen LogP contribution in [-0.2, 0) is 19.6 Å². The summed E-state index contributed by atoms with van der Waals surface area (Å²) in [5, 5.41) is 0. The minimum Gasteiger partial charge on any atom is -0.218 e. The Balaban J connectivity index is 1.88. The van der Waals surface area contributed by atoms with E-state index in [1.54, 1.807) is 24.3 Å². The van der Waals surface area contributed by atoms with Gasteiger partial charge in [0, 0.05) is 0 Å². The normalized spacial score (nSPS) is 21.4. The number of sulfone groups is 1. The standard InChI is InChI=1S/C22H24Cl2O2S/c23-21(13-5-6-14-21)17-9-1-3-11-19(17)27(25,26)20-12-4-2-10-18(20)22(24)15-7-8-16-22/h1-4,9-12H,5-8,13-16H2. The summed E-state index contributed by atoms with van der Waals surface area (Å²) in [6.07, 6.45) is 7.34. The second-order valence-electron chi connectivity index (χ2n) is 7.84. The first-order valence-electron chi connectivity index (χ1n) is 9.69. The van der Waals surface area contributed by atoms with Gasteiger partial charge in [-0.25, -0.2) is 8.42 Å². The van der Waals surface area contributed by atoms with E-state index in [9.17, 15) is 8.42 Å². The molecule has 0 spiro atoms. The van der Waals surface area contributed by atoms with Crippen LogP contribution >= 0.6 is 23.2 Å². The summed E-state index contributed by atoms with van der Waals surface area (Å²) in [6.45, 7) is 0. The van der Waals surface area contributed by atoms with Crippen molar-refractivity contribution >= 4 is 33.0 Å². The van der Waals surface area contributed by atoms with Gasteiger partial charge in [0.2, 0.25) is 9.84 Å². The van der Waals surface area contributed by atoms with Crippen molar-refractivity contribution in [1.82, 2.24) is 0 Å². The molecule has 144 valence electrons. The van der Waals surface area contributed by atoms with Gasteiger partial charge >= 0.3 is 0 Å². The fourth-order valence-electron chi connectivity index (χ4n) is 4.67. The highest BCUT2D eigenvalue weighted by Crippen LogP contribution is 2.50. The number of rotatable bonds is 4. The van der Waals surface area contributed by atoms with Crippen LogP contribution in [0.25, 0.3) is 0 Å². The molecule has 0 N–H and O–H groups in total. The monoisotopic (exact) mass is 422 g/mol. The van der Waals surface area contributed by atoms with Crippen LogP contribution < -0.4 is 0 Å². The van der Waals surface area contributed by atoms with Crippen LogP contribution in [0.4, 0.5) is 0 Å². The van der Waals surface area contributed by atoms with Crippen LogP contribution in [0.2, 0.25) is 0 Å². The van der Waals surface area contributed by atoms with Crippen molar-refractivity contribution in [3.63, 3.8) is 0 Å². The minimum absolute atomic E-state index is 0.326. The molecule has 0 aliphatic heterocycles. The predicted octanol–water partition coefficient (Wildman–Crippen LogP) is 6.54. The SMILES string of the molecule is O=S(=O)(c1ccccc1C1(Cl)CCCC1)c1ccccc1C1(Cl)CCCC1. The van der Waals surface area contributed by atoms with Crippen LogP contribution in [0.15, 0.2) is 58.3 Å². The third-order valence-electron chi connectivity index (χ3n) is 6.11. The molecular weight excluding hydrogens is 399 g/mol. The number of halogens is 2. The van der Waals surface area contributed by atoms with Gasteiger partial charge in [-0.3, -0.25) is 0 Å². The maximum atomic E-state index is 13.8. The third kappa shape index (κ3) is 3.32. The summed E-state index contributed by atoms with van der Waals surface area (Å²) in [7, 11) is -3.72. The molecule has 4 rings (SSSR count). The van der Waals surface area contributed by atoms with E-state index >= 15 is 0 Å². The van der Waals surface area contributed by atoms with Gasteiger partial charge in [-0.1, -0.05) is 62.1 Å². The highest BCUT2D eigenvalue weighted by molar-refractivity contribution is 7.91. The summed E-state index contributed by atoms with van der Waals surface area (Å²) < 4.78 is 27.5. The highest BCUT2D eigenvalue weighted by Gasteiger charge is 2.41. The average molecular weight is 423 g/mol. The fourth-order valence-corrected chi connectivity index (χ4v) is 7.50. The number of hydrogen-bond acceptors (Lipinski definition) is 2. The van der Waals surface area contributed by atoms with Gasteiger partial charge in [-0.15, -0.1) is 23.2 Å². The number of alkyl halides is 2. The minimum atomic E-state index is -3.72. The zero-order valence-electron chi connectivity index (χ0n) is 15.3. The molecule has 0 aromatic heterocycles. The molecule has 2 aromatic carbocycles. The zero-order chi connectivity index (χ0) is 19.1. The van der Waals surface area contributed by atoms with Crippen molar-refractivity contribution in [2.24, 2.45) is 0 Å². The molecule has 27 heavy (non-hydrogen) atoms. The molecule has 0 radical (unpaired) electrons. The van der Waals surface area contributed by atoms with Crippen molar-refractivity contribution in [3.05, 3.63) is 59.7 Å². The maximum Gasteiger partial charge on any atom is 0.207 e. The smallest absolute Gasteiger partial charge is 0.207 e. The summed E-state index contributed by atoms with van der Waals surface area (Å²) in [5.74, 6) is 0. The maximum absolute atomic E-state index is 13.8. The lowest BCUT2D eigenvalue weighted by Crippen LogP contribution is -2.21. The van der Waals surface area contributed by atoms with E-state index in [2.05, 4.69) is 0 Å². The Labute approximate surface area is 171 Å². The second-order valence-corrected chi connectivity index (χ2v) is 11.2. The molecule has 0 bridgehead atoms. The van der Waals surface area contributed by atoms with Gasteiger partial charge in [0.05, 0.1) is 19.5 Å². The quantitative estimate of drug-likeness (QED) is 0.524. The van der Waals surface area contributed by atoms with Crippen molar-refractivity contribution in [1.29, 1.82) is 0 Å². The van der Waals surface area contributed by atoms with E-state index in [1.165, 1.54) is 0 Å². The third-order valence-corrected chi connectivity index (χ3v) is 9.14. The van der Waals surface area contributed by atoms with Crippen molar-refractivity contribution in [2.45, 2.75) is 70.9 Å². The van der Waals surface area contributed by atoms with Crippen LogP contribution in [0.5, 0.6) is 0 Å². The number of hydrogen-bond donors (Lipinski definition) is 0. The molecule has 0 atom stereocenters. The van der Waals surface area contributed by atoms with Crippen LogP contribution in [0, 0.1) is 0 Å². The Morgan fingerprint density at radius 1 is 0.630 bits per heavy atom. The molecule has 2 fully saturated rings. The van der Waals surface area contributed by atoms with Gasteiger partial charge in [-0.05, 0) is 48.9 Å². The van der Waals surface area contributed by atoms with Crippen molar-refractivity contribution in [3.8, 4) is 0 Å². The molecule has 2 aromatic rings. The summed E-state index contributed by atoms with van der Waals surface area (Å²) >= 11 is 13.8. The molecule has 0 unspecified atom stereocenters. The Hall–Kier alpha value is -1.03. The second kappa shape index (κ2) is 7.09. The largest absolute Gasteiger partial charge is 0.218 e.